The molecule has 1 N–H and O–H groups in total. The van der Waals surface area contributed by atoms with Gasteiger partial charge in [-0.3, -0.25) is 4.98 Å². The molecule has 2 aromatic rings. The van der Waals surface area contributed by atoms with E-state index in [9.17, 15) is 0 Å². The third-order valence-electron chi connectivity index (χ3n) is 3.27. The first-order valence-corrected chi connectivity index (χ1v) is 7.70. The number of anilines is 3. The number of nitrogens with zero attached hydrogens (tertiary/aromatic N) is 5. The molecule has 1 fully saturated rings. The number of thiazole rings is 1. The molecule has 1 aliphatic heterocycles. The Bertz CT molecular complexity index is 536. The lowest BCUT2D eigenvalue weighted by atomic mass is 10.3. The summed E-state index contributed by atoms with van der Waals surface area (Å²) in [5.74, 6) is 1.79. The molecule has 0 radical (unpaired) electrons. The van der Waals surface area contributed by atoms with Gasteiger partial charge in [-0.15, -0.1) is 11.3 Å². The van der Waals surface area contributed by atoms with Crippen LogP contribution >= 0.6 is 11.3 Å². The largest absolute Gasteiger partial charge is 0.369 e. The Morgan fingerprint density at radius 2 is 2.00 bits per heavy atom. The van der Waals surface area contributed by atoms with Crippen LogP contribution in [0.1, 0.15) is 6.92 Å². The standard InChI is InChI=1S/C13H18N6S/c1-2-15-11-9-14-10-12(17-11)18-4-6-19(7-5-18)13-16-3-8-20-13/h3,8-10H,2,4-7H2,1H3,(H,15,17). The summed E-state index contributed by atoms with van der Waals surface area (Å²) in [5, 5.41) is 6.33. The molecule has 0 aromatic carbocycles. The maximum atomic E-state index is 4.59. The van der Waals surface area contributed by atoms with Crippen molar-refractivity contribution in [2.75, 3.05) is 47.8 Å². The fourth-order valence-corrected chi connectivity index (χ4v) is 2.97. The zero-order valence-corrected chi connectivity index (χ0v) is 12.3. The van der Waals surface area contributed by atoms with Crippen molar-refractivity contribution in [3.8, 4) is 0 Å². The van der Waals surface area contributed by atoms with Crippen molar-refractivity contribution in [2.24, 2.45) is 0 Å². The van der Waals surface area contributed by atoms with E-state index in [2.05, 4.69) is 37.0 Å². The number of hydrogen-bond donors (Lipinski definition) is 1. The van der Waals surface area contributed by atoms with Crippen molar-refractivity contribution in [3.63, 3.8) is 0 Å². The minimum Gasteiger partial charge on any atom is -0.369 e. The number of hydrogen-bond acceptors (Lipinski definition) is 7. The summed E-state index contributed by atoms with van der Waals surface area (Å²) in [5.41, 5.74) is 0. The molecular formula is C13H18N6S. The molecule has 0 saturated carbocycles. The van der Waals surface area contributed by atoms with Crippen molar-refractivity contribution < 1.29 is 0 Å². The molecule has 0 unspecified atom stereocenters. The lowest BCUT2D eigenvalue weighted by Gasteiger charge is -2.35. The Morgan fingerprint density at radius 3 is 2.70 bits per heavy atom. The predicted octanol–water partition coefficient (Wildman–Crippen LogP) is 1.69. The van der Waals surface area contributed by atoms with E-state index in [-0.39, 0.29) is 0 Å². The van der Waals surface area contributed by atoms with Crippen LogP contribution in [0, 0.1) is 0 Å². The summed E-state index contributed by atoms with van der Waals surface area (Å²) in [4.78, 5) is 17.8. The van der Waals surface area contributed by atoms with Crippen LogP contribution in [-0.2, 0) is 0 Å². The first-order chi connectivity index (χ1) is 9.86. The highest BCUT2D eigenvalue weighted by molar-refractivity contribution is 7.13. The second-order valence-electron chi connectivity index (χ2n) is 4.58. The molecule has 3 rings (SSSR count). The van der Waals surface area contributed by atoms with Crippen LogP contribution in [0.2, 0.25) is 0 Å². The summed E-state index contributed by atoms with van der Waals surface area (Å²) in [6.45, 7) is 6.76. The third kappa shape index (κ3) is 2.82. The van der Waals surface area contributed by atoms with Gasteiger partial charge in [-0.1, -0.05) is 0 Å². The topological polar surface area (TPSA) is 57.2 Å². The van der Waals surface area contributed by atoms with E-state index in [1.54, 1.807) is 17.5 Å². The van der Waals surface area contributed by atoms with E-state index in [4.69, 9.17) is 0 Å². The molecule has 3 heterocycles. The predicted molar refractivity (Wildman–Crippen MR) is 82.7 cm³/mol. The van der Waals surface area contributed by atoms with E-state index < -0.39 is 0 Å². The molecule has 0 aliphatic carbocycles. The minimum atomic E-state index is 0.840. The van der Waals surface area contributed by atoms with Crippen molar-refractivity contribution in [1.29, 1.82) is 0 Å². The zero-order valence-electron chi connectivity index (χ0n) is 11.5. The Kier molecular flexibility index (Phi) is 3.96. The molecular weight excluding hydrogens is 272 g/mol. The number of piperazine rings is 1. The highest BCUT2D eigenvalue weighted by Gasteiger charge is 2.19. The van der Waals surface area contributed by atoms with E-state index >= 15 is 0 Å². The smallest absolute Gasteiger partial charge is 0.185 e. The zero-order chi connectivity index (χ0) is 13.8. The molecule has 1 aliphatic rings. The van der Waals surface area contributed by atoms with Crippen LogP contribution in [-0.4, -0.2) is 47.7 Å². The average molecular weight is 290 g/mol. The molecule has 0 amide bonds. The highest BCUT2D eigenvalue weighted by Crippen LogP contribution is 2.21. The first-order valence-electron chi connectivity index (χ1n) is 6.82. The van der Waals surface area contributed by atoms with Crippen molar-refractivity contribution in [3.05, 3.63) is 24.0 Å². The molecule has 0 bridgehead atoms. The normalized spacial score (nSPS) is 15.4. The maximum absolute atomic E-state index is 4.59. The second kappa shape index (κ2) is 6.04. The van der Waals surface area contributed by atoms with Crippen LogP contribution in [0.5, 0.6) is 0 Å². The van der Waals surface area contributed by atoms with Gasteiger partial charge in [0, 0.05) is 44.3 Å². The molecule has 106 valence electrons. The monoisotopic (exact) mass is 290 g/mol. The van der Waals surface area contributed by atoms with Crippen molar-refractivity contribution in [2.45, 2.75) is 6.92 Å². The van der Waals surface area contributed by atoms with Gasteiger partial charge < -0.3 is 15.1 Å². The lowest BCUT2D eigenvalue weighted by Crippen LogP contribution is -2.46. The molecule has 7 heteroatoms. The van der Waals surface area contributed by atoms with Gasteiger partial charge in [0.05, 0.1) is 12.4 Å². The molecule has 1 saturated heterocycles. The number of aromatic nitrogens is 3. The van der Waals surface area contributed by atoms with Crippen LogP contribution in [0.25, 0.3) is 0 Å². The Labute approximate surface area is 122 Å². The Hall–Kier alpha value is -1.89. The minimum absolute atomic E-state index is 0.840. The molecule has 0 atom stereocenters. The van der Waals surface area contributed by atoms with Gasteiger partial charge >= 0.3 is 0 Å². The summed E-state index contributed by atoms with van der Waals surface area (Å²) in [6, 6.07) is 0. The molecule has 6 nitrogen and oxygen atoms in total. The van der Waals surface area contributed by atoms with Gasteiger partial charge in [0.2, 0.25) is 0 Å². The van der Waals surface area contributed by atoms with Gasteiger partial charge in [-0.25, -0.2) is 9.97 Å². The summed E-state index contributed by atoms with van der Waals surface area (Å²) in [7, 11) is 0. The lowest BCUT2D eigenvalue weighted by molar-refractivity contribution is 0.645. The number of nitrogens with one attached hydrogen (secondary N) is 1. The van der Waals surface area contributed by atoms with Gasteiger partial charge in [0.1, 0.15) is 11.6 Å². The Balaban J connectivity index is 1.64. The van der Waals surface area contributed by atoms with Crippen molar-refractivity contribution in [1.82, 2.24) is 15.0 Å². The SMILES string of the molecule is CCNc1cncc(N2CCN(c3nccs3)CC2)n1. The van der Waals surface area contributed by atoms with E-state index in [1.165, 1.54) is 0 Å². The second-order valence-corrected chi connectivity index (χ2v) is 5.45. The first kappa shape index (κ1) is 13.1. The maximum Gasteiger partial charge on any atom is 0.185 e. The third-order valence-corrected chi connectivity index (χ3v) is 4.11. The van der Waals surface area contributed by atoms with Crippen LogP contribution < -0.4 is 15.1 Å². The highest BCUT2D eigenvalue weighted by atomic mass is 32.1. The van der Waals surface area contributed by atoms with Crippen LogP contribution in [0.15, 0.2) is 24.0 Å². The van der Waals surface area contributed by atoms with Crippen LogP contribution in [0.4, 0.5) is 16.8 Å². The van der Waals surface area contributed by atoms with Gasteiger partial charge in [-0.05, 0) is 6.92 Å². The summed E-state index contributed by atoms with van der Waals surface area (Å²) >= 11 is 1.69. The van der Waals surface area contributed by atoms with E-state index in [1.807, 2.05) is 17.8 Å². The Morgan fingerprint density at radius 1 is 1.20 bits per heavy atom. The summed E-state index contributed by atoms with van der Waals surface area (Å²) < 4.78 is 0. The van der Waals surface area contributed by atoms with Gasteiger partial charge in [0.15, 0.2) is 5.13 Å². The van der Waals surface area contributed by atoms with Crippen molar-refractivity contribution >= 4 is 28.1 Å². The quantitative estimate of drug-likeness (QED) is 0.925. The molecule has 20 heavy (non-hydrogen) atoms. The molecule has 0 spiro atoms. The summed E-state index contributed by atoms with van der Waals surface area (Å²) in [6.07, 6.45) is 5.45. The van der Waals surface area contributed by atoms with E-state index in [0.717, 1.165) is 49.5 Å². The fourth-order valence-electron chi connectivity index (χ4n) is 2.27. The number of rotatable bonds is 4. The molecule has 2 aromatic heterocycles. The average Bonchev–Trinajstić information content (AvgIpc) is 3.02. The fraction of sp³-hybridized carbons (Fsp3) is 0.462. The van der Waals surface area contributed by atoms with Gasteiger partial charge in [0.25, 0.3) is 0 Å². The van der Waals surface area contributed by atoms with E-state index in [0.29, 0.717) is 0 Å². The van der Waals surface area contributed by atoms with Crippen LogP contribution in [0.3, 0.4) is 0 Å². The van der Waals surface area contributed by atoms with Gasteiger partial charge in [-0.2, -0.15) is 0 Å².